The zero-order chi connectivity index (χ0) is 9.97. The molecule has 0 atom stereocenters. The van der Waals surface area contributed by atoms with Gasteiger partial charge >= 0.3 is 0 Å². The summed E-state index contributed by atoms with van der Waals surface area (Å²) in [5.41, 5.74) is 0. The van der Waals surface area contributed by atoms with Crippen LogP contribution in [0.15, 0.2) is 17.6 Å². The van der Waals surface area contributed by atoms with E-state index < -0.39 is 0 Å². The molecule has 0 bridgehead atoms. The number of piperidine rings is 1. The van der Waals surface area contributed by atoms with Crippen molar-refractivity contribution in [3.05, 3.63) is 12.4 Å². The molecule has 2 rings (SSSR count). The van der Waals surface area contributed by atoms with E-state index >= 15 is 0 Å². The van der Waals surface area contributed by atoms with E-state index in [0.29, 0.717) is 0 Å². The van der Waals surface area contributed by atoms with Crippen LogP contribution in [0.25, 0.3) is 0 Å². The van der Waals surface area contributed by atoms with Gasteiger partial charge in [0.2, 0.25) is 0 Å². The fourth-order valence-electron chi connectivity index (χ4n) is 1.56. The van der Waals surface area contributed by atoms with Crippen molar-refractivity contribution in [2.45, 2.75) is 23.2 Å². The highest BCUT2D eigenvalue weighted by molar-refractivity contribution is 14.1. The third-order valence-electron chi connectivity index (χ3n) is 2.44. The molecule has 3 nitrogen and oxygen atoms in total. The Morgan fingerprint density at radius 2 is 2.21 bits per heavy atom. The summed E-state index contributed by atoms with van der Waals surface area (Å²) >= 11 is 4.33. The molecule has 2 heterocycles. The quantitative estimate of drug-likeness (QED) is 0.616. The van der Waals surface area contributed by atoms with Gasteiger partial charge in [-0.15, -0.1) is 0 Å². The Hall–Kier alpha value is 0.250. The largest absolute Gasteiger partial charge is 0.329 e. The summed E-state index contributed by atoms with van der Waals surface area (Å²) in [6.07, 6.45) is 6.44. The molecule has 0 unspecified atom stereocenters. The molecular weight excluding hydrogens is 309 g/mol. The molecule has 14 heavy (non-hydrogen) atoms. The summed E-state index contributed by atoms with van der Waals surface area (Å²) in [7, 11) is 2.06. The van der Waals surface area contributed by atoms with E-state index in [-0.39, 0.29) is 0 Å². The number of hydrogen-bond donors (Lipinski definition) is 0. The third-order valence-corrected chi connectivity index (χ3v) is 4.81. The Balaban J connectivity index is 1.89. The van der Waals surface area contributed by atoms with Crippen LogP contribution in [-0.4, -0.2) is 31.0 Å². The Bertz CT molecular complexity index is 294. The lowest BCUT2D eigenvalue weighted by molar-refractivity contribution is 0.415. The molecule has 1 aromatic rings. The molecule has 0 amide bonds. The molecule has 5 heteroatoms. The normalized spacial score (nSPS) is 20.1. The van der Waals surface area contributed by atoms with Gasteiger partial charge in [0, 0.05) is 60.6 Å². The van der Waals surface area contributed by atoms with E-state index in [1.807, 2.05) is 24.2 Å². The molecular formula is C9H14IN3S. The van der Waals surface area contributed by atoms with Crippen LogP contribution in [0.5, 0.6) is 0 Å². The Kier molecular flexibility index (Phi) is 3.73. The molecule has 0 aromatic carbocycles. The highest BCUT2D eigenvalue weighted by Crippen LogP contribution is 2.29. The number of imidazole rings is 1. The number of halogens is 1. The molecule has 0 aliphatic carbocycles. The Morgan fingerprint density at radius 1 is 1.50 bits per heavy atom. The van der Waals surface area contributed by atoms with Crippen LogP contribution >= 0.6 is 34.6 Å². The summed E-state index contributed by atoms with van der Waals surface area (Å²) in [5, 5.41) is 1.90. The second kappa shape index (κ2) is 4.85. The number of aryl methyl sites for hydroxylation is 1. The van der Waals surface area contributed by atoms with Crippen LogP contribution in [0.4, 0.5) is 0 Å². The van der Waals surface area contributed by atoms with Crippen LogP contribution in [0.1, 0.15) is 12.8 Å². The molecule has 0 N–H and O–H groups in total. The number of thioether (sulfide) groups is 1. The number of aromatic nitrogens is 2. The van der Waals surface area contributed by atoms with E-state index in [4.69, 9.17) is 0 Å². The van der Waals surface area contributed by atoms with Crippen LogP contribution in [0.3, 0.4) is 0 Å². The highest BCUT2D eigenvalue weighted by Gasteiger charge is 2.19. The predicted molar refractivity (Wildman–Crippen MR) is 67.7 cm³/mol. The second-order valence-electron chi connectivity index (χ2n) is 3.55. The smallest absolute Gasteiger partial charge is 0.167 e. The molecule has 78 valence electrons. The van der Waals surface area contributed by atoms with E-state index in [2.05, 4.69) is 42.6 Å². The van der Waals surface area contributed by atoms with Crippen LogP contribution < -0.4 is 0 Å². The maximum Gasteiger partial charge on any atom is 0.167 e. The topological polar surface area (TPSA) is 21.1 Å². The summed E-state index contributed by atoms with van der Waals surface area (Å²) in [6.45, 7) is 2.42. The average molecular weight is 323 g/mol. The van der Waals surface area contributed by atoms with Gasteiger partial charge in [-0.1, -0.05) is 11.8 Å². The summed E-state index contributed by atoms with van der Waals surface area (Å²) in [5.74, 6) is 0. The first-order valence-corrected chi connectivity index (χ1v) is 6.65. The summed E-state index contributed by atoms with van der Waals surface area (Å²) in [6, 6.07) is 0. The minimum absolute atomic E-state index is 0.752. The molecule has 1 aromatic heterocycles. The Labute approximate surface area is 103 Å². The standard InChI is InChI=1S/C9H14IN3S/c1-12-7-4-11-9(12)14-8-2-5-13(10)6-3-8/h4,7-8H,2-3,5-6H2,1H3. The fourth-order valence-corrected chi connectivity index (χ4v) is 3.21. The first-order chi connectivity index (χ1) is 6.75. The highest BCUT2D eigenvalue weighted by atomic mass is 127. The number of nitrogens with zero attached hydrogens (tertiary/aromatic N) is 3. The third kappa shape index (κ3) is 2.64. The van der Waals surface area contributed by atoms with Gasteiger partial charge in [0.15, 0.2) is 5.16 Å². The lowest BCUT2D eigenvalue weighted by Gasteiger charge is -2.26. The zero-order valence-corrected chi connectivity index (χ0v) is 11.2. The van der Waals surface area contributed by atoms with E-state index in [0.717, 1.165) is 10.4 Å². The number of hydrogen-bond acceptors (Lipinski definition) is 3. The molecule has 1 fully saturated rings. The minimum atomic E-state index is 0.752. The van der Waals surface area contributed by atoms with Gasteiger partial charge in [0.05, 0.1) is 0 Å². The van der Waals surface area contributed by atoms with Crippen molar-refractivity contribution >= 4 is 34.6 Å². The summed E-state index contributed by atoms with van der Waals surface area (Å²) < 4.78 is 4.47. The number of rotatable bonds is 2. The Morgan fingerprint density at radius 3 is 2.79 bits per heavy atom. The van der Waals surface area contributed by atoms with E-state index in [1.165, 1.54) is 25.9 Å². The molecule has 1 aliphatic rings. The van der Waals surface area contributed by atoms with Crippen molar-refractivity contribution in [1.82, 2.24) is 12.7 Å². The van der Waals surface area contributed by atoms with E-state index in [9.17, 15) is 0 Å². The van der Waals surface area contributed by atoms with E-state index in [1.54, 1.807) is 0 Å². The van der Waals surface area contributed by atoms with Gasteiger partial charge < -0.3 is 4.57 Å². The zero-order valence-electron chi connectivity index (χ0n) is 8.19. The second-order valence-corrected chi connectivity index (χ2v) is 6.18. The first-order valence-electron chi connectivity index (χ1n) is 4.80. The average Bonchev–Trinajstić information content (AvgIpc) is 2.56. The molecule has 0 saturated carbocycles. The predicted octanol–water partition coefficient (Wildman–Crippen LogP) is 2.33. The lowest BCUT2D eigenvalue weighted by Crippen LogP contribution is -2.27. The van der Waals surface area contributed by atoms with Crippen molar-refractivity contribution in [3.63, 3.8) is 0 Å². The van der Waals surface area contributed by atoms with Crippen molar-refractivity contribution in [1.29, 1.82) is 0 Å². The SMILES string of the molecule is Cn1ccnc1SC1CCN(I)CC1. The molecule has 1 aliphatic heterocycles. The van der Waals surface area contributed by atoms with Crippen molar-refractivity contribution in [2.75, 3.05) is 13.1 Å². The van der Waals surface area contributed by atoms with Gasteiger partial charge in [-0.25, -0.2) is 8.10 Å². The van der Waals surface area contributed by atoms with Crippen LogP contribution in [0.2, 0.25) is 0 Å². The first kappa shape index (κ1) is 10.8. The van der Waals surface area contributed by atoms with Gasteiger partial charge in [-0.2, -0.15) is 0 Å². The minimum Gasteiger partial charge on any atom is -0.329 e. The van der Waals surface area contributed by atoms with Crippen LogP contribution in [0, 0.1) is 0 Å². The maximum absolute atomic E-state index is 4.34. The van der Waals surface area contributed by atoms with Gasteiger partial charge in [0.1, 0.15) is 0 Å². The van der Waals surface area contributed by atoms with Gasteiger partial charge in [-0.05, 0) is 12.8 Å². The molecule has 1 saturated heterocycles. The van der Waals surface area contributed by atoms with Crippen molar-refractivity contribution in [3.8, 4) is 0 Å². The maximum atomic E-state index is 4.34. The fraction of sp³-hybridized carbons (Fsp3) is 0.667. The van der Waals surface area contributed by atoms with Crippen molar-refractivity contribution < 1.29 is 0 Å². The van der Waals surface area contributed by atoms with Crippen LogP contribution in [-0.2, 0) is 7.05 Å². The summed E-state index contributed by atoms with van der Waals surface area (Å²) in [4.78, 5) is 4.34. The van der Waals surface area contributed by atoms with Gasteiger partial charge in [0.25, 0.3) is 0 Å². The molecule has 0 radical (unpaired) electrons. The monoisotopic (exact) mass is 323 g/mol. The molecule has 0 spiro atoms. The van der Waals surface area contributed by atoms with Gasteiger partial charge in [-0.3, -0.25) is 0 Å². The van der Waals surface area contributed by atoms with Crippen molar-refractivity contribution in [2.24, 2.45) is 7.05 Å². The lowest BCUT2D eigenvalue weighted by atomic mass is 10.2.